The van der Waals surface area contributed by atoms with Crippen molar-refractivity contribution in [1.82, 2.24) is 4.31 Å². The first-order valence-electron chi connectivity index (χ1n) is 7.55. The highest BCUT2D eigenvalue weighted by molar-refractivity contribution is 7.89. The first-order chi connectivity index (χ1) is 11.4. The van der Waals surface area contributed by atoms with Crippen LogP contribution in [0.1, 0.15) is 17.7 Å². The molecule has 1 aliphatic rings. The van der Waals surface area contributed by atoms with E-state index >= 15 is 0 Å². The van der Waals surface area contributed by atoms with E-state index in [2.05, 4.69) is 0 Å². The predicted molar refractivity (Wildman–Crippen MR) is 97.4 cm³/mol. The van der Waals surface area contributed by atoms with Gasteiger partial charge >= 0.3 is 0 Å². The van der Waals surface area contributed by atoms with Crippen LogP contribution in [0.2, 0.25) is 10.0 Å². The maximum Gasteiger partial charge on any atom is 0.243 e. The second kappa shape index (κ2) is 7.72. The monoisotopic (exact) mass is 405 g/mol. The Morgan fingerprint density at radius 1 is 1.25 bits per heavy atom. The molecule has 0 N–H and O–H groups in total. The molecular weight excluding hydrogens is 389 g/mol. The lowest BCUT2D eigenvalue weighted by Crippen LogP contribution is -2.36. The average Bonchev–Trinajstić information content (AvgIpc) is 3.19. The van der Waals surface area contributed by atoms with E-state index in [4.69, 9.17) is 27.9 Å². The van der Waals surface area contributed by atoms with Crippen molar-refractivity contribution < 1.29 is 13.2 Å². The van der Waals surface area contributed by atoms with E-state index in [9.17, 15) is 8.42 Å². The number of benzene rings is 1. The molecule has 24 heavy (non-hydrogen) atoms. The minimum absolute atomic E-state index is 0.0746. The zero-order valence-corrected chi connectivity index (χ0v) is 16.0. The van der Waals surface area contributed by atoms with Gasteiger partial charge in [-0.15, -0.1) is 11.3 Å². The van der Waals surface area contributed by atoms with Crippen LogP contribution in [0, 0.1) is 0 Å². The first-order valence-corrected chi connectivity index (χ1v) is 10.6. The van der Waals surface area contributed by atoms with Crippen LogP contribution >= 0.6 is 34.5 Å². The molecule has 1 saturated heterocycles. The maximum absolute atomic E-state index is 13.1. The Bertz CT molecular complexity index is 767. The van der Waals surface area contributed by atoms with Crippen molar-refractivity contribution in [1.29, 1.82) is 0 Å². The number of sulfonamides is 1. The molecule has 0 aliphatic carbocycles. The SMILES string of the molecule is O=S(=O)(c1cc(Cl)cc(Cl)c1)N(Cc1cccs1)C[C@H]1CCCO1. The third-order valence-corrected chi connectivity index (χ3v) is 6.90. The molecule has 130 valence electrons. The van der Waals surface area contributed by atoms with Crippen molar-refractivity contribution in [3.8, 4) is 0 Å². The van der Waals surface area contributed by atoms with Crippen LogP contribution in [0.25, 0.3) is 0 Å². The highest BCUT2D eigenvalue weighted by Crippen LogP contribution is 2.27. The second-order valence-electron chi connectivity index (χ2n) is 5.62. The van der Waals surface area contributed by atoms with E-state index in [1.54, 1.807) is 0 Å². The molecule has 2 heterocycles. The van der Waals surface area contributed by atoms with Crippen molar-refractivity contribution in [3.05, 3.63) is 50.6 Å². The van der Waals surface area contributed by atoms with Gasteiger partial charge in [-0.05, 0) is 42.5 Å². The van der Waals surface area contributed by atoms with Gasteiger partial charge in [-0.1, -0.05) is 29.3 Å². The van der Waals surface area contributed by atoms with Gasteiger partial charge < -0.3 is 4.74 Å². The Kier molecular flexibility index (Phi) is 5.85. The number of hydrogen-bond donors (Lipinski definition) is 0. The molecule has 1 atom stereocenters. The van der Waals surface area contributed by atoms with Crippen LogP contribution in [-0.2, 0) is 21.3 Å². The number of ether oxygens (including phenoxy) is 1. The lowest BCUT2D eigenvalue weighted by atomic mass is 10.2. The smallest absolute Gasteiger partial charge is 0.243 e. The molecule has 0 bridgehead atoms. The standard InChI is InChI=1S/C16H17Cl2NO3S2/c17-12-7-13(18)9-16(8-12)24(20,21)19(10-14-3-1-5-22-14)11-15-4-2-6-23-15/h2,4,6-9,14H,1,3,5,10-11H2/t14-/m1/s1. The van der Waals surface area contributed by atoms with E-state index < -0.39 is 10.0 Å². The molecular formula is C16H17Cl2NO3S2. The highest BCUT2D eigenvalue weighted by Gasteiger charge is 2.30. The van der Waals surface area contributed by atoms with Crippen LogP contribution in [0.3, 0.4) is 0 Å². The summed E-state index contributed by atoms with van der Waals surface area (Å²) in [6, 6.07) is 8.21. The third kappa shape index (κ3) is 4.31. The Morgan fingerprint density at radius 3 is 2.58 bits per heavy atom. The van der Waals surface area contributed by atoms with Crippen LogP contribution in [0.5, 0.6) is 0 Å². The van der Waals surface area contributed by atoms with Crippen molar-refractivity contribution in [2.45, 2.75) is 30.4 Å². The van der Waals surface area contributed by atoms with Crippen molar-refractivity contribution in [3.63, 3.8) is 0 Å². The number of halogens is 2. The van der Waals surface area contributed by atoms with Crippen LogP contribution < -0.4 is 0 Å². The van der Waals surface area contributed by atoms with E-state index in [0.29, 0.717) is 29.7 Å². The summed E-state index contributed by atoms with van der Waals surface area (Å²) >= 11 is 13.5. The fraction of sp³-hybridized carbons (Fsp3) is 0.375. The van der Waals surface area contributed by atoms with Gasteiger partial charge in [0.1, 0.15) is 0 Å². The summed E-state index contributed by atoms with van der Waals surface area (Å²) < 4.78 is 33.3. The normalized spacial score (nSPS) is 18.4. The molecule has 8 heteroatoms. The van der Waals surface area contributed by atoms with Crippen molar-refractivity contribution in [2.75, 3.05) is 13.2 Å². The first kappa shape index (κ1) is 18.2. The van der Waals surface area contributed by atoms with Crippen molar-refractivity contribution in [2.24, 2.45) is 0 Å². The molecule has 2 aromatic rings. The topological polar surface area (TPSA) is 46.6 Å². The molecule has 3 rings (SSSR count). The molecule has 1 fully saturated rings. The summed E-state index contributed by atoms with van der Waals surface area (Å²) in [4.78, 5) is 1.08. The Labute approximate surface area is 156 Å². The fourth-order valence-corrected chi connectivity index (χ4v) is 5.64. The van der Waals surface area contributed by atoms with Gasteiger partial charge in [-0.25, -0.2) is 8.42 Å². The summed E-state index contributed by atoms with van der Waals surface area (Å²) in [7, 11) is -3.72. The molecule has 0 amide bonds. The Morgan fingerprint density at radius 2 is 2.00 bits per heavy atom. The zero-order valence-electron chi connectivity index (χ0n) is 12.8. The molecule has 1 aromatic carbocycles. The fourth-order valence-electron chi connectivity index (χ4n) is 2.67. The number of thiophene rings is 1. The summed E-state index contributed by atoms with van der Waals surface area (Å²) in [6.45, 7) is 1.31. The number of hydrogen-bond acceptors (Lipinski definition) is 4. The third-order valence-electron chi connectivity index (χ3n) is 3.82. The highest BCUT2D eigenvalue weighted by atomic mass is 35.5. The zero-order chi connectivity index (χ0) is 17.2. The predicted octanol–water partition coefficient (Wildman–Crippen LogP) is 4.42. The second-order valence-corrected chi connectivity index (χ2v) is 9.46. The van der Waals surface area contributed by atoms with Gasteiger partial charge in [-0.2, -0.15) is 4.31 Å². The average molecular weight is 406 g/mol. The summed E-state index contributed by atoms with van der Waals surface area (Å²) in [5.74, 6) is 0. The van der Waals surface area contributed by atoms with Crippen molar-refractivity contribution >= 4 is 44.6 Å². The maximum atomic E-state index is 13.1. The molecule has 0 spiro atoms. The lowest BCUT2D eigenvalue weighted by Gasteiger charge is -2.24. The van der Waals surface area contributed by atoms with E-state index in [0.717, 1.165) is 17.7 Å². The van der Waals surface area contributed by atoms with E-state index in [1.807, 2.05) is 17.5 Å². The number of rotatable bonds is 6. The molecule has 4 nitrogen and oxygen atoms in total. The minimum Gasteiger partial charge on any atom is -0.377 e. The van der Waals surface area contributed by atoms with Gasteiger partial charge in [0.25, 0.3) is 0 Å². The molecule has 0 radical (unpaired) electrons. The summed E-state index contributed by atoms with van der Waals surface area (Å²) in [6.07, 6.45) is 1.75. The quantitative estimate of drug-likeness (QED) is 0.713. The molecule has 1 aromatic heterocycles. The Hall–Kier alpha value is -0.630. The van der Waals surface area contributed by atoms with Gasteiger partial charge in [-0.3, -0.25) is 0 Å². The summed E-state index contributed by atoms with van der Waals surface area (Å²) in [5.41, 5.74) is 0. The largest absolute Gasteiger partial charge is 0.377 e. The molecule has 0 saturated carbocycles. The van der Waals surface area contributed by atoms with Gasteiger partial charge in [0.15, 0.2) is 0 Å². The van der Waals surface area contributed by atoms with Gasteiger partial charge in [0.05, 0.1) is 11.0 Å². The number of nitrogens with zero attached hydrogens (tertiary/aromatic N) is 1. The van der Waals surface area contributed by atoms with Gasteiger partial charge in [0, 0.05) is 34.6 Å². The molecule has 1 aliphatic heterocycles. The van der Waals surface area contributed by atoms with E-state index in [1.165, 1.54) is 33.8 Å². The van der Waals surface area contributed by atoms with Gasteiger partial charge in [0.2, 0.25) is 10.0 Å². The lowest BCUT2D eigenvalue weighted by molar-refractivity contribution is 0.0927. The van der Waals surface area contributed by atoms with Crippen LogP contribution in [0.4, 0.5) is 0 Å². The van der Waals surface area contributed by atoms with Crippen LogP contribution in [0.15, 0.2) is 40.6 Å². The summed E-state index contributed by atoms with van der Waals surface area (Å²) in [5, 5.41) is 2.53. The van der Waals surface area contributed by atoms with E-state index in [-0.39, 0.29) is 11.0 Å². The molecule has 0 unspecified atom stereocenters. The minimum atomic E-state index is -3.72. The van der Waals surface area contributed by atoms with Crippen LogP contribution in [-0.4, -0.2) is 32.0 Å². The Balaban J connectivity index is 1.92.